The maximum absolute atomic E-state index is 12.6. The van der Waals surface area contributed by atoms with Crippen LogP contribution < -0.4 is 0 Å². The van der Waals surface area contributed by atoms with Crippen LogP contribution in [0.2, 0.25) is 0 Å². The summed E-state index contributed by atoms with van der Waals surface area (Å²) >= 11 is -0.645. The number of hydrogen-bond acceptors (Lipinski definition) is 6. The fourth-order valence-corrected chi connectivity index (χ4v) is 17.4. The van der Waals surface area contributed by atoms with Crippen LogP contribution in [0.15, 0.2) is 0 Å². The minimum absolute atomic E-state index is 0.323. The zero-order valence-corrected chi connectivity index (χ0v) is 15.8. The Bertz CT molecular complexity index is 252. The van der Waals surface area contributed by atoms with Gasteiger partial charge in [-0.3, -0.25) is 0 Å². The van der Waals surface area contributed by atoms with E-state index >= 15 is 0 Å². The Morgan fingerprint density at radius 3 is 1.42 bits per heavy atom. The van der Waals surface area contributed by atoms with Crippen LogP contribution in [0.25, 0.3) is 0 Å². The van der Waals surface area contributed by atoms with Crippen LogP contribution in [0.4, 0.5) is 0 Å². The first-order chi connectivity index (χ1) is 9.01. The third-order valence-electron chi connectivity index (χ3n) is 1.64. The van der Waals surface area contributed by atoms with Crippen LogP contribution in [0.5, 0.6) is 0 Å². The van der Waals surface area contributed by atoms with E-state index in [1.807, 2.05) is 20.8 Å². The molecule has 0 radical (unpaired) electrons. The molecule has 6 nitrogen and oxygen atoms in total. The second-order valence-corrected chi connectivity index (χ2v) is 15.5. The molecule has 19 heavy (non-hydrogen) atoms. The van der Waals surface area contributed by atoms with Crippen molar-refractivity contribution in [2.45, 2.75) is 34.6 Å². The van der Waals surface area contributed by atoms with Gasteiger partial charge in [-0.1, -0.05) is 0 Å². The summed E-state index contributed by atoms with van der Waals surface area (Å²) in [5, 5.41) is 0. The molecular formula is C10H25O6P2Se+. The topological polar surface area (TPSA) is 63.2 Å². The molecule has 0 aromatic rings. The summed E-state index contributed by atoms with van der Waals surface area (Å²) < 4.78 is 40.2. The van der Waals surface area contributed by atoms with Crippen LogP contribution in [0, 0.1) is 0 Å². The fourth-order valence-electron chi connectivity index (χ4n) is 1.18. The summed E-state index contributed by atoms with van der Waals surface area (Å²) in [4.78, 5) is 0. The van der Waals surface area contributed by atoms with Crippen molar-refractivity contribution >= 4 is 27.0 Å². The Morgan fingerprint density at radius 1 is 0.789 bits per heavy atom. The summed E-state index contributed by atoms with van der Waals surface area (Å²) in [5.74, 6) is 0. The molecule has 0 atom stereocenters. The first-order valence-electron chi connectivity index (χ1n) is 6.44. The summed E-state index contributed by atoms with van der Waals surface area (Å²) in [7, 11) is 0. The van der Waals surface area contributed by atoms with Crippen LogP contribution in [0.3, 0.4) is 0 Å². The van der Waals surface area contributed by atoms with Gasteiger partial charge in [-0.15, -0.1) is 0 Å². The molecule has 0 aliphatic heterocycles. The Kier molecular flexibility index (Phi) is 11.2. The Morgan fingerprint density at radius 2 is 1.16 bits per heavy atom. The second-order valence-electron chi connectivity index (χ2n) is 3.06. The number of rotatable bonds is 12. The van der Waals surface area contributed by atoms with Crippen molar-refractivity contribution in [2.75, 3.05) is 33.0 Å². The van der Waals surface area contributed by atoms with E-state index in [2.05, 4.69) is 0 Å². The first-order valence-corrected chi connectivity index (χ1v) is 14.0. The molecule has 0 aromatic heterocycles. The van der Waals surface area contributed by atoms with E-state index in [1.54, 1.807) is 13.8 Å². The Labute approximate surface area is 122 Å². The third kappa shape index (κ3) is 7.52. The van der Waals surface area contributed by atoms with E-state index in [0.29, 0.717) is 33.0 Å². The first kappa shape index (κ1) is 20.0. The molecule has 0 N–H and O–H groups in total. The summed E-state index contributed by atoms with van der Waals surface area (Å²) in [5.41, 5.74) is 0. The van der Waals surface area contributed by atoms with Gasteiger partial charge in [0.25, 0.3) is 0 Å². The standard InChI is InChI=1S/C10H25O6P2Se/c1-6-12-17(11,13-7-2)19-18(14-8-3,15-9-4)16-10-5/h6-10H2,1-5H3/q+1. The average molecular weight is 382 g/mol. The van der Waals surface area contributed by atoms with Crippen molar-refractivity contribution in [3.05, 3.63) is 0 Å². The summed E-state index contributed by atoms with van der Waals surface area (Å²) in [6.07, 6.45) is -3.19. The monoisotopic (exact) mass is 383 g/mol. The van der Waals surface area contributed by atoms with Gasteiger partial charge < -0.3 is 0 Å². The van der Waals surface area contributed by atoms with Gasteiger partial charge in [0.05, 0.1) is 0 Å². The van der Waals surface area contributed by atoms with Gasteiger partial charge in [-0.05, 0) is 0 Å². The predicted molar refractivity (Wildman–Crippen MR) is 78.4 cm³/mol. The van der Waals surface area contributed by atoms with E-state index in [0.717, 1.165) is 0 Å². The van der Waals surface area contributed by atoms with Crippen LogP contribution in [-0.2, 0) is 27.2 Å². The van der Waals surface area contributed by atoms with Crippen LogP contribution in [-0.4, -0.2) is 47.1 Å². The molecule has 0 aromatic carbocycles. The van der Waals surface area contributed by atoms with Crippen molar-refractivity contribution < 1.29 is 27.2 Å². The maximum atomic E-state index is 12.6. The van der Waals surface area contributed by atoms with Gasteiger partial charge in [0.15, 0.2) is 0 Å². The average Bonchev–Trinajstić information content (AvgIpc) is 2.30. The molecule has 0 rings (SSSR count). The molecule has 0 saturated heterocycles. The van der Waals surface area contributed by atoms with E-state index in [-0.39, 0.29) is 0 Å². The zero-order chi connectivity index (χ0) is 14.8. The molecular weight excluding hydrogens is 357 g/mol. The minimum atomic E-state index is -3.19. The quantitative estimate of drug-likeness (QED) is 0.379. The molecule has 0 bridgehead atoms. The normalized spacial score (nSPS) is 12.9. The fraction of sp³-hybridized carbons (Fsp3) is 1.00. The van der Waals surface area contributed by atoms with Crippen molar-refractivity contribution in [3.8, 4) is 0 Å². The van der Waals surface area contributed by atoms with Crippen molar-refractivity contribution in [1.82, 2.24) is 0 Å². The summed E-state index contributed by atoms with van der Waals surface area (Å²) in [6.45, 7) is 8.46. The van der Waals surface area contributed by atoms with E-state index in [9.17, 15) is 4.57 Å². The second kappa shape index (κ2) is 10.7. The van der Waals surface area contributed by atoms with Crippen molar-refractivity contribution in [2.24, 2.45) is 0 Å². The van der Waals surface area contributed by atoms with Gasteiger partial charge in [0, 0.05) is 0 Å². The van der Waals surface area contributed by atoms with Gasteiger partial charge in [-0.25, -0.2) is 0 Å². The van der Waals surface area contributed by atoms with E-state index < -0.39 is 27.0 Å². The molecule has 0 fully saturated rings. The predicted octanol–water partition coefficient (Wildman–Crippen LogP) is 3.66. The molecule has 116 valence electrons. The molecule has 9 heteroatoms. The molecule has 0 amide bonds. The molecule has 0 saturated carbocycles. The van der Waals surface area contributed by atoms with Crippen molar-refractivity contribution in [1.29, 1.82) is 0 Å². The van der Waals surface area contributed by atoms with Gasteiger partial charge in [0.1, 0.15) is 0 Å². The van der Waals surface area contributed by atoms with Gasteiger partial charge in [-0.2, -0.15) is 0 Å². The van der Waals surface area contributed by atoms with Gasteiger partial charge >= 0.3 is 122 Å². The van der Waals surface area contributed by atoms with Gasteiger partial charge in [0.2, 0.25) is 0 Å². The van der Waals surface area contributed by atoms with E-state index in [4.69, 9.17) is 22.6 Å². The Balaban J connectivity index is 5.05. The molecule has 0 spiro atoms. The number of hydrogen-bond donors (Lipinski definition) is 0. The van der Waals surface area contributed by atoms with E-state index in [1.165, 1.54) is 0 Å². The van der Waals surface area contributed by atoms with Crippen molar-refractivity contribution in [3.63, 3.8) is 0 Å². The SMILES string of the molecule is CCOP(=O)(OCC)[Se][P+](OCC)(OCC)OCC. The molecule has 0 heterocycles. The van der Waals surface area contributed by atoms with Crippen LogP contribution >= 0.6 is 12.9 Å². The van der Waals surface area contributed by atoms with Crippen LogP contribution in [0.1, 0.15) is 34.6 Å². The molecule has 0 unspecified atom stereocenters. The summed E-state index contributed by atoms with van der Waals surface area (Å²) in [6, 6.07) is 0. The molecule has 0 aliphatic carbocycles. The Hall–Kier alpha value is 0.979. The third-order valence-corrected chi connectivity index (χ3v) is 17.0. The molecule has 0 aliphatic rings. The zero-order valence-electron chi connectivity index (χ0n) is 12.3.